The van der Waals surface area contributed by atoms with Crippen LogP contribution < -0.4 is 0 Å². The molecule has 0 radical (unpaired) electrons. The van der Waals surface area contributed by atoms with E-state index in [1.807, 2.05) is 13.8 Å². The summed E-state index contributed by atoms with van der Waals surface area (Å²) in [6.45, 7) is 7.31. The number of nitrogens with zero attached hydrogens (tertiary/aromatic N) is 1. The van der Waals surface area contributed by atoms with Crippen LogP contribution in [0.2, 0.25) is 0 Å². The van der Waals surface area contributed by atoms with Crippen LogP contribution in [0.5, 0.6) is 0 Å². The lowest BCUT2D eigenvalue weighted by Gasteiger charge is -2.30. The van der Waals surface area contributed by atoms with Crippen molar-refractivity contribution in [3.63, 3.8) is 0 Å². The van der Waals surface area contributed by atoms with Crippen molar-refractivity contribution in [1.82, 2.24) is 4.90 Å². The number of carbonyl (C=O) groups is 1. The van der Waals surface area contributed by atoms with Gasteiger partial charge in [-0.15, -0.1) is 0 Å². The molecule has 0 aliphatic carbocycles. The minimum absolute atomic E-state index is 0.174. The van der Waals surface area contributed by atoms with E-state index in [4.69, 9.17) is 0 Å². The van der Waals surface area contributed by atoms with Crippen LogP contribution in [0.1, 0.15) is 47.6 Å². The number of benzene rings is 1. The van der Waals surface area contributed by atoms with Gasteiger partial charge in [-0.25, -0.2) is 0 Å². The first-order chi connectivity index (χ1) is 8.99. The number of piperidine rings is 1. The van der Waals surface area contributed by atoms with Crippen LogP contribution in [-0.2, 0) is 4.79 Å². The van der Waals surface area contributed by atoms with Crippen molar-refractivity contribution in [1.29, 1.82) is 0 Å². The maximum Gasteiger partial charge on any atom is 0.222 e. The Morgan fingerprint density at radius 3 is 2.42 bits per heavy atom. The van der Waals surface area contributed by atoms with E-state index in [0.717, 1.165) is 36.1 Å². The molecule has 1 heterocycles. The van der Waals surface area contributed by atoms with Crippen LogP contribution >= 0.6 is 0 Å². The molecule has 19 heavy (non-hydrogen) atoms. The van der Waals surface area contributed by atoms with Crippen LogP contribution in [0.3, 0.4) is 0 Å². The quantitative estimate of drug-likeness (QED) is 0.908. The minimum atomic E-state index is -0.581. The van der Waals surface area contributed by atoms with E-state index < -0.39 is 6.10 Å². The maximum absolute atomic E-state index is 11.8. The third-order valence-electron chi connectivity index (χ3n) is 3.89. The van der Waals surface area contributed by atoms with E-state index in [1.54, 1.807) is 4.90 Å². The smallest absolute Gasteiger partial charge is 0.222 e. The Hall–Kier alpha value is -1.35. The number of aliphatic hydroxyl groups is 1. The summed E-state index contributed by atoms with van der Waals surface area (Å²) in [6.07, 6.45) is 2.07. The van der Waals surface area contributed by atoms with Crippen molar-refractivity contribution < 1.29 is 9.90 Å². The fraction of sp³-hybridized carbons (Fsp3) is 0.562. The summed E-state index contributed by atoms with van der Waals surface area (Å²) < 4.78 is 0. The number of carbonyl (C=O) groups excluding carboxylic acids is 1. The molecule has 0 aromatic heterocycles. The van der Waals surface area contributed by atoms with E-state index in [1.165, 1.54) is 5.56 Å². The van der Waals surface area contributed by atoms with Gasteiger partial charge in [-0.1, -0.05) is 17.7 Å². The minimum Gasteiger partial charge on any atom is -0.387 e. The highest BCUT2D eigenvalue weighted by Gasteiger charge is 2.23. The lowest BCUT2D eigenvalue weighted by molar-refractivity contribution is -0.134. The summed E-state index contributed by atoms with van der Waals surface area (Å²) in [5.41, 5.74) is 4.40. The Balaban J connectivity index is 2.15. The molecule has 1 saturated heterocycles. The van der Waals surface area contributed by atoms with Crippen molar-refractivity contribution in [3.8, 4) is 0 Å². The molecule has 3 nitrogen and oxygen atoms in total. The molecular formula is C16H23NO2. The zero-order chi connectivity index (χ0) is 14.0. The van der Waals surface area contributed by atoms with Gasteiger partial charge in [0.05, 0.1) is 12.6 Å². The number of β-amino-alcohol motifs (C(OH)–C–C–N with tert-alkyl or cyclic N) is 1. The van der Waals surface area contributed by atoms with E-state index >= 15 is 0 Å². The van der Waals surface area contributed by atoms with Crippen LogP contribution in [-0.4, -0.2) is 29.0 Å². The molecule has 1 aromatic rings. The molecule has 1 aliphatic heterocycles. The van der Waals surface area contributed by atoms with Gasteiger partial charge in [0.2, 0.25) is 5.91 Å². The van der Waals surface area contributed by atoms with Crippen LogP contribution in [0.15, 0.2) is 12.1 Å². The highest BCUT2D eigenvalue weighted by atomic mass is 16.3. The third-order valence-corrected chi connectivity index (χ3v) is 3.89. The van der Waals surface area contributed by atoms with E-state index in [9.17, 15) is 9.90 Å². The molecule has 0 saturated carbocycles. The molecule has 0 bridgehead atoms. The van der Waals surface area contributed by atoms with Gasteiger partial charge in [-0.2, -0.15) is 0 Å². The topological polar surface area (TPSA) is 40.5 Å². The Morgan fingerprint density at radius 1 is 1.21 bits per heavy atom. The van der Waals surface area contributed by atoms with Crippen LogP contribution in [0.4, 0.5) is 0 Å². The van der Waals surface area contributed by atoms with Gasteiger partial charge >= 0.3 is 0 Å². The van der Waals surface area contributed by atoms with Gasteiger partial charge in [0, 0.05) is 13.0 Å². The number of aryl methyl sites for hydroxylation is 3. The second-order valence-corrected chi connectivity index (χ2v) is 5.63. The lowest BCUT2D eigenvalue weighted by Crippen LogP contribution is -2.38. The summed E-state index contributed by atoms with van der Waals surface area (Å²) in [6, 6.07) is 4.17. The van der Waals surface area contributed by atoms with Gasteiger partial charge in [0.25, 0.3) is 0 Å². The van der Waals surface area contributed by atoms with Gasteiger partial charge in [0.1, 0.15) is 0 Å². The number of rotatable bonds is 3. The first-order valence-electron chi connectivity index (χ1n) is 7.02. The van der Waals surface area contributed by atoms with Crippen LogP contribution in [0.25, 0.3) is 0 Å². The molecule has 1 N–H and O–H groups in total. The molecule has 1 atom stereocenters. The number of likely N-dealkylation sites (tertiary alicyclic amines) is 1. The molecule has 3 heteroatoms. The molecule has 2 rings (SSSR count). The van der Waals surface area contributed by atoms with Gasteiger partial charge in [0.15, 0.2) is 0 Å². The molecule has 104 valence electrons. The second kappa shape index (κ2) is 5.74. The van der Waals surface area contributed by atoms with E-state index in [2.05, 4.69) is 19.1 Å². The molecule has 1 amide bonds. The van der Waals surface area contributed by atoms with E-state index in [0.29, 0.717) is 13.0 Å². The number of aliphatic hydroxyl groups excluding tert-OH is 1. The Kier molecular flexibility index (Phi) is 4.25. The molecule has 1 aliphatic rings. The summed E-state index contributed by atoms with van der Waals surface area (Å²) in [5, 5.41) is 10.4. The summed E-state index contributed by atoms with van der Waals surface area (Å²) >= 11 is 0. The first kappa shape index (κ1) is 14.1. The largest absolute Gasteiger partial charge is 0.387 e. The Bertz CT molecular complexity index is 459. The molecular weight excluding hydrogens is 238 g/mol. The fourth-order valence-electron chi connectivity index (χ4n) is 3.07. The summed E-state index contributed by atoms with van der Waals surface area (Å²) in [4.78, 5) is 13.6. The van der Waals surface area contributed by atoms with Crippen molar-refractivity contribution >= 4 is 5.91 Å². The molecule has 1 fully saturated rings. The van der Waals surface area contributed by atoms with Crippen molar-refractivity contribution in [2.45, 2.75) is 46.1 Å². The Labute approximate surface area is 115 Å². The molecule has 0 spiro atoms. The predicted octanol–water partition coefficient (Wildman–Crippen LogP) is 2.66. The highest BCUT2D eigenvalue weighted by Crippen LogP contribution is 2.25. The Morgan fingerprint density at radius 2 is 1.84 bits per heavy atom. The fourth-order valence-corrected chi connectivity index (χ4v) is 3.07. The van der Waals surface area contributed by atoms with E-state index in [-0.39, 0.29) is 5.91 Å². The number of hydrogen-bond donors (Lipinski definition) is 1. The average Bonchev–Trinajstić information content (AvgIpc) is 2.30. The highest BCUT2D eigenvalue weighted by molar-refractivity contribution is 5.76. The average molecular weight is 261 g/mol. The van der Waals surface area contributed by atoms with Gasteiger partial charge < -0.3 is 10.0 Å². The second-order valence-electron chi connectivity index (χ2n) is 5.63. The third kappa shape index (κ3) is 3.16. The first-order valence-corrected chi connectivity index (χ1v) is 7.02. The maximum atomic E-state index is 11.8. The lowest BCUT2D eigenvalue weighted by atomic mass is 9.95. The number of hydrogen-bond acceptors (Lipinski definition) is 2. The van der Waals surface area contributed by atoms with Crippen molar-refractivity contribution in [2.24, 2.45) is 0 Å². The predicted molar refractivity (Wildman–Crippen MR) is 76.0 cm³/mol. The molecule has 1 aromatic carbocycles. The summed E-state index contributed by atoms with van der Waals surface area (Å²) in [7, 11) is 0. The summed E-state index contributed by atoms with van der Waals surface area (Å²) in [5.74, 6) is 0.174. The zero-order valence-electron chi connectivity index (χ0n) is 12.1. The van der Waals surface area contributed by atoms with Gasteiger partial charge in [-0.3, -0.25) is 4.79 Å². The standard InChI is InChI=1S/C16H23NO2/c1-11-8-12(2)16(13(3)9-11)14(18)10-17-7-5-4-6-15(17)19/h8-9,14,18H,4-7,10H2,1-3H3. The van der Waals surface area contributed by atoms with Crippen LogP contribution in [0, 0.1) is 20.8 Å². The monoisotopic (exact) mass is 261 g/mol. The molecule has 1 unspecified atom stereocenters. The van der Waals surface area contributed by atoms with Gasteiger partial charge in [-0.05, 0) is 50.3 Å². The zero-order valence-corrected chi connectivity index (χ0v) is 12.1. The number of amides is 1. The van der Waals surface area contributed by atoms with Crippen molar-refractivity contribution in [2.75, 3.05) is 13.1 Å². The normalized spacial score (nSPS) is 17.7. The SMILES string of the molecule is Cc1cc(C)c(C(O)CN2CCCCC2=O)c(C)c1. The van der Waals surface area contributed by atoms with Crippen molar-refractivity contribution in [3.05, 3.63) is 34.4 Å².